The number of rotatable bonds is 5. The Balaban J connectivity index is 0.00000128. The largest absolute Gasteiger partial charge is 0.371 e. The van der Waals surface area contributed by atoms with E-state index in [9.17, 15) is 4.39 Å². The first kappa shape index (κ1) is 13.4. The van der Waals surface area contributed by atoms with E-state index in [1.165, 1.54) is 5.56 Å². The van der Waals surface area contributed by atoms with Gasteiger partial charge in [0.25, 0.3) is 0 Å². The van der Waals surface area contributed by atoms with Crippen molar-refractivity contribution < 1.29 is 9.13 Å². The zero-order valence-corrected chi connectivity index (χ0v) is 9.96. The van der Waals surface area contributed by atoms with Crippen LogP contribution in [0.5, 0.6) is 0 Å². The quantitative estimate of drug-likeness (QED) is 0.789. The molecular formula is C12H17ClFNO. The summed E-state index contributed by atoms with van der Waals surface area (Å²) in [4.78, 5) is 2.07. The second-order valence-corrected chi connectivity index (χ2v) is 3.87. The normalized spacial score (nSPS) is 16.6. The smallest absolute Gasteiger partial charge is 0.102 e. The summed E-state index contributed by atoms with van der Waals surface area (Å²) in [5, 5.41) is 0. The van der Waals surface area contributed by atoms with Crippen molar-refractivity contribution in [1.82, 2.24) is 4.90 Å². The molecule has 0 aromatic heterocycles. The maximum Gasteiger partial charge on any atom is 0.102 e. The summed E-state index contributed by atoms with van der Waals surface area (Å²) < 4.78 is 17.6. The van der Waals surface area contributed by atoms with Gasteiger partial charge in [-0.1, -0.05) is 30.3 Å². The number of nitrogens with zero attached hydrogens (tertiary/aromatic N) is 1. The van der Waals surface area contributed by atoms with E-state index in [1.54, 1.807) is 0 Å². The van der Waals surface area contributed by atoms with Crippen LogP contribution in [0.1, 0.15) is 5.56 Å². The van der Waals surface area contributed by atoms with Crippen LogP contribution >= 0.6 is 12.4 Å². The first-order valence-electron chi connectivity index (χ1n) is 5.32. The number of benzene rings is 1. The van der Waals surface area contributed by atoms with E-state index >= 15 is 0 Å². The molecule has 16 heavy (non-hydrogen) atoms. The van der Waals surface area contributed by atoms with Crippen LogP contribution in [0, 0.1) is 0 Å². The average Bonchev–Trinajstić information content (AvgIpc) is 2.23. The lowest BCUT2D eigenvalue weighted by Crippen LogP contribution is -2.52. The predicted molar refractivity (Wildman–Crippen MR) is 64.7 cm³/mol. The van der Waals surface area contributed by atoms with Crippen molar-refractivity contribution in [2.75, 3.05) is 26.3 Å². The van der Waals surface area contributed by atoms with Gasteiger partial charge in [0.15, 0.2) is 0 Å². The molecule has 1 aromatic rings. The fourth-order valence-corrected chi connectivity index (χ4v) is 1.72. The van der Waals surface area contributed by atoms with Gasteiger partial charge in [0.1, 0.15) is 6.67 Å². The molecular weight excluding hydrogens is 229 g/mol. The second-order valence-electron chi connectivity index (χ2n) is 3.87. The van der Waals surface area contributed by atoms with E-state index in [-0.39, 0.29) is 25.2 Å². The zero-order valence-electron chi connectivity index (χ0n) is 9.14. The standard InChI is InChI=1S/C12H16FNO.ClH/c13-6-7-14-8-12(9-14)15-10-11-4-2-1-3-5-11;/h1-5,12H,6-10H2;1H. The third-order valence-electron chi connectivity index (χ3n) is 2.65. The van der Waals surface area contributed by atoms with Crippen LogP contribution in [0.15, 0.2) is 30.3 Å². The minimum atomic E-state index is -0.259. The molecule has 4 heteroatoms. The molecule has 0 radical (unpaired) electrons. The molecule has 2 rings (SSSR count). The zero-order chi connectivity index (χ0) is 10.5. The molecule has 2 nitrogen and oxygen atoms in total. The Labute approximate surface area is 102 Å². The number of alkyl halides is 1. The van der Waals surface area contributed by atoms with Crippen LogP contribution in [-0.4, -0.2) is 37.3 Å². The summed E-state index contributed by atoms with van der Waals surface area (Å²) in [5.41, 5.74) is 1.20. The molecule has 1 aliphatic rings. The molecule has 1 saturated heterocycles. The van der Waals surface area contributed by atoms with Crippen LogP contribution in [0.4, 0.5) is 4.39 Å². The highest BCUT2D eigenvalue weighted by molar-refractivity contribution is 5.85. The summed E-state index contributed by atoms with van der Waals surface area (Å²) in [6.07, 6.45) is 0.289. The van der Waals surface area contributed by atoms with Gasteiger partial charge in [-0.3, -0.25) is 4.90 Å². The summed E-state index contributed by atoms with van der Waals surface area (Å²) >= 11 is 0. The van der Waals surface area contributed by atoms with Crippen molar-refractivity contribution >= 4 is 12.4 Å². The van der Waals surface area contributed by atoms with Gasteiger partial charge in [0, 0.05) is 19.6 Å². The van der Waals surface area contributed by atoms with E-state index in [0.29, 0.717) is 13.2 Å². The van der Waals surface area contributed by atoms with Crippen molar-refractivity contribution in [3.05, 3.63) is 35.9 Å². The van der Waals surface area contributed by atoms with Crippen LogP contribution in [0.25, 0.3) is 0 Å². The molecule has 0 amide bonds. The van der Waals surface area contributed by atoms with Gasteiger partial charge in [0.2, 0.25) is 0 Å². The van der Waals surface area contributed by atoms with Crippen LogP contribution in [-0.2, 0) is 11.3 Å². The molecule has 1 aromatic carbocycles. The summed E-state index contributed by atoms with van der Waals surface area (Å²) in [6, 6.07) is 10.1. The summed E-state index contributed by atoms with van der Waals surface area (Å²) in [5.74, 6) is 0. The molecule has 90 valence electrons. The highest BCUT2D eigenvalue weighted by Gasteiger charge is 2.26. The second kappa shape index (κ2) is 6.84. The number of likely N-dealkylation sites (tertiary alicyclic amines) is 1. The third kappa shape index (κ3) is 3.74. The van der Waals surface area contributed by atoms with Crippen LogP contribution in [0.3, 0.4) is 0 Å². The number of halogens is 2. The lowest BCUT2D eigenvalue weighted by atomic mass is 10.1. The van der Waals surface area contributed by atoms with Gasteiger partial charge < -0.3 is 4.74 Å². The highest BCUT2D eigenvalue weighted by atomic mass is 35.5. The van der Waals surface area contributed by atoms with Crippen molar-refractivity contribution in [1.29, 1.82) is 0 Å². The van der Waals surface area contributed by atoms with Crippen molar-refractivity contribution in [2.24, 2.45) is 0 Å². The molecule has 1 fully saturated rings. The van der Waals surface area contributed by atoms with Crippen LogP contribution in [0.2, 0.25) is 0 Å². The van der Waals surface area contributed by atoms with E-state index in [1.807, 2.05) is 18.2 Å². The van der Waals surface area contributed by atoms with Gasteiger partial charge in [-0.05, 0) is 5.56 Å². The van der Waals surface area contributed by atoms with E-state index < -0.39 is 0 Å². The van der Waals surface area contributed by atoms with Crippen LogP contribution < -0.4 is 0 Å². The van der Waals surface area contributed by atoms with E-state index in [4.69, 9.17) is 4.74 Å². The average molecular weight is 246 g/mol. The van der Waals surface area contributed by atoms with Gasteiger partial charge in [-0.2, -0.15) is 0 Å². The monoisotopic (exact) mass is 245 g/mol. The SMILES string of the molecule is Cl.FCCN1CC(OCc2ccccc2)C1. The topological polar surface area (TPSA) is 12.5 Å². The molecule has 1 heterocycles. The molecule has 0 unspecified atom stereocenters. The Bertz CT molecular complexity index is 290. The molecule has 0 spiro atoms. The molecule has 1 aliphatic heterocycles. The Morgan fingerprint density at radius 3 is 2.56 bits per heavy atom. The minimum Gasteiger partial charge on any atom is -0.371 e. The Morgan fingerprint density at radius 1 is 1.25 bits per heavy atom. The molecule has 0 atom stereocenters. The minimum absolute atomic E-state index is 0. The van der Waals surface area contributed by atoms with Crippen molar-refractivity contribution in [3.63, 3.8) is 0 Å². The van der Waals surface area contributed by atoms with Crippen molar-refractivity contribution in [2.45, 2.75) is 12.7 Å². The number of ether oxygens (including phenoxy) is 1. The first-order valence-corrected chi connectivity index (χ1v) is 5.32. The molecule has 0 aliphatic carbocycles. The predicted octanol–water partition coefficient (Wildman–Crippen LogP) is 2.28. The Morgan fingerprint density at radius 2 is 1.94 bits per heavy atom. The summed E-state index contributed by atoms with van der Waals surface area (Å²) in [7, 11) is 0. The van der Waals surface area contributed by atoms with E-state index in [2.05, 4.69) is 17.0 Å². The lowest BCUT2D eigenvalue weighted by Gasteiger charge is -2.38. The van der Waals surface area contributed by atoms with Gasteiger partial charge in [-0.25, -0.2) is 4.39 Å². The maximum atomic E-state index is 12.0. The van der Waals surface area contributed by atoms with Gasteiger partial charge >= 0.3 is 0 Å². The Kier molecular flexibility index (Phi) is 5.74. The van der Waals surface area contributed by atoms with E-state index in [0.717, 1.165) is 13.1 Å². The Hall–Kier alpha value is -0.640. The number of hydrogen-bond donors (Lipinski definition) is 0. The summed E-state index contributed by atoms with van der Waals surface area (Å²) in [6.45, 7) is 2.69. The lowest BCUT2D eigenvalue weighted by molar-refractivity contribution is -0.0636. The first-order chi connectivity index (χ1) is 7.38. The van der Waals surface area contributed by atoms with Gasteiger partial charge in [-0.15, -0.1) is 12.4 Å². The third-order valence-corrected chi connectivity index (χ3v) is 2.65. The molecule has 0 saturated carbocycles. The fraction of sp³-hybridized carbons (Fsp3) is 0.500. The molecule has 0 bridgehead atoms. The fourth-order valence-electron chi connectivity index (χ4n) is 1.72. The highest BCUT2D eigenvalue weighted by Crippen LogP contribution is 2.13. The van der Waals surface area contributed by atoms with Crippen molar-refractivity contribution in [3.8, 4) is 0 Å². The number of hydrogen-bond acceptors (Lipinski definition) is 2. The molecule has 0 N–H and O–H groups in total. The maximum absolute atomic E-state index is 12.0. The van der Waals surface area contributed by atoms with Gasteiger partial charge in [0.05, 0.1) is 12.7 Å².